The van der Waals surface area contributed by atoms with Crippen molar-refractivity contribution in [1.29, 1.82) is 0 Å². The van der Waals surface area contributed by atoms with Gasteiger partial charge in [-0.1, -0.05) is 13.8 Å². The molecule has 0 spiro atoms. The van der Waals surface area contributed by atoms with Gasteiger partial charge in [-0.3, -0.25) is 9.78 Å². The van der Waals surface area contributed by atoms with Gasteiger partial charge < -0.3 is 5.11 Å². The third-order valence-electron chi connectivity index (χ3n) is 2.50. The second-order valence-electron chi connectivity index (χ2n) is 4.78. The molecule has 0 saturated carbocycles. The number of aromatic nitrogens is 1. The van der Waals surface area contributed by atoms with Gasteiger partial charge in [-0.15, -0.1) is 0 Å². The molecule has 0 bridgehead atoms. The number of nitrogens with one attached hydrogen (secondary N) is 1. The lowest BCUT2D eigenvalue weighted by Crippen LogP contribution is -2.41. The van der Waals surface area contributed by atoms with Crippen LogP contribution in [-0.2, 0) is 14.8 Å². The molecule has 0 aromatic carbocycles. The van der Waals surface area contributed by atoms with Crippen molar-refractivity contribution < 1.29 is 18.3 Å². The van der Waals surface area contributed by atoms with Gasteiger partial charge in [-0.2, -0.15) is 4.72 Å². The van der Waals surface area contributed by atoms with Crippen molar-refractivity contribution in [2.45, 2.75) is 38.1 Å². The summed E-state index contributed by atoms with van der Waals surface area (Å²) in [4.78, 5) is 14.9. The van der Waals surface area contributed by atoms with E-state index in [1.54, 1.807) is 13.0 Å². The van der Waals surface area contributed by atoms with E-state index < -0.39 is 22.0 Å². The molecule has 0 radical (unpaired) electrons. The molecule has 19 heavy (non-hydrogen) atoms. The molecule has 106 valence electrons. The molecule has 1 heterocycles. The molecule has 6 nitrogen and oxygen atoms in total. The van der Waals surface area contributed by atoms with Crippen molar-refractivity contribution in [2.24, 2.45) is 5.92 Å². The molecule has 0 amide bonds. The Morgan fingerprint density at radius 1 is 1.42 bits per heavy atom. The van der Waals surface area contributed by atoms with Crippen LogP contribution in [0.5, 0.6) is 0 Å². The highest BCUT2D eigenvalue weighted by molar-refractivity contribution is 7.89. The van der Waals surface area contributed by atoms with E-state index in [-0.39, 0.29) is 17.2 Å². The Labute approximate surface area is 112 Å². The molecule has 0 fully saturated rings. The van der Waals surface area contributed by atoms with E-state index in [2.05, 4.69) is 9.71 Å². The van der Waals surface area contributed by atoms with E-state index in [1.165, 1.54) is 12.3 Å². The fraction of sp³-hybridized carbons (Fsp3) is 0.500. The van der Waals surface area contributed by atoms with Crippen molar-refractivity contribution in [1.82, 2.24) is 9.71 Å². The number of nitrogens with zero attached hydrogens (tertiary/aromatic N) is 1. The third kappa shape index (κ3) is 4.60. The highest BCUT2D eigenvalue weighted by atomic mass is 32.2. The number of aliphatic carboxylic acids is 1. The topological polar surface area (TPSA) is 96.4 Å². The minimum atomic E-state index is -3.86. The first-order valence-electron chi connectivity index (χ1n) is 5.90. The van der Waals surface area contributed by atoms with Crippen molar-refractivity contribution in [2.75, 3.05) is 0 Å². The SMILES string of the molecule is Cc1ccc(S(=O)(=O)NC(CC(C)C)C(=O)O)cn1. The molecule has 0 saturated heterocycles. The second kappa shape index (κ2) is 6.12. The van der Waals surface area contributed by atoms with E-state index in [1.807, 2.05) is 13.8 Å². The van der Waals surface area contributed by atoms with Gasteiger partial charge in [0.05, 0.1) is 0 Å². The summed E-state index contributed by atoms with van der Waals surface area (Å²) in [5.74, 6) is -1.11. The average Bonchev–Trinajstić information content (AvgIpc) is 2.27. The third-order valence-corrected chi connectivity index (χ3v) is 3.95. The van der Waals surface area contributed by atoms with Gasteiger partial charge in [0, 0.05) is 11.9 Å². The zero-order valence-electron chi connectivity index (χ0n) is 11.1. The number of rotatable bonds is 6. The Morgan fingerprint density at radius 2 is 2.05 bits per heavy atom. The van der Waals surface area contributed by atoms with Gasteiger partial charge in [-0.05, 0) is 31.4 Å². The average molecular weight is 286 g/mol. The molecule has 0 aliphatic heterocycles. The van der Waals surface area contributed by atoms with Crippen LogP contribution in [0.2, 0.25) is 0 Å². The second-order valence-corrected chi connectivity index (χ2v) is 6.49. The van der Waals surface area contributed by atoms with Gasteiger partial charge in [-0.25, -0.2) is 8.42 Å². The van der Waals surface area contributed by atoms with Crippen molar-refractivity contribution >= 4 is 16.0 Å². The summed E-state index contributed by atoms with van der Waals surface area (Å²) < 4.78 is 26.2. The zero-order chi connectivity index (χ0) is 14.6. The fourth-order valence-electron chi connectivity index (χ4n) is 1.54. The number of hydrogen-bond donors (Lipinski definition) is 2. The van der Waals surface area contributed by atoms with Gasteiger partial charge >= 0.3 is 5.97 Å². The van der Waals surface area contributed by atoms with Crippen LogP contribution in [-0.4, -0.2) is 30.5 Å². The predicted molar refractivity (Wildman–Crippen MR) is 70.2 cm³/mol. The molecule has 1 aromatic heterocycles. The largest absolute Gasteiger partial charge is 0.480 e. The van der Waals surface area contributed by atoms with Gasteiger partial charge in [0.15, 0.2) is 0 Å². The predicted octanol–water partition coefficient (Wildman–Crippen LogP) is 1.17. The van der Waals surface area contributed by atoms with Crippen molar-refractivity contribution in [3.05, 3.63) is 24.0 Å². The lowest BCUT2D eigenvalue weighted by Gasteiger charge is -2.16. The van der Waals surface area contributed by atoms with Gasteiger partial charge in [0.2, 0.25) is 10.0 Å². The Bertz CT molecular complexity index is 537. The highest BCUT2D eigenvalue weighted by Crippen LogP contribution is 2.11. The van der Waals surface area contributed by atoms with Crippen LogP contribution in [0.25, 0.3) is 0 Å². The minimum absolute atomic E-state index is 0.0342. The lowest BCUT2D eigenvalue weighted by atomic mass is 10.1. The zero-order valence-corrected chi connectivity index (χ0v) is 11.9. The Hall–Kier alpha value is -1.47. The number of carbonyl (C=O) groups is 1. The number of pyridine rings is 1. The molecule has 7 heteroatoms. The molecule has 0 aliphatic carbocycles. The maximum absolute atomic E-state index is 12.0. The minimum Gasteiger partial charge on any atom is -0.480 e. The van der Waals surface area contributed by atoms with Crippen LogP contribution in [0.4, 0.5) is 0 Å². The molecular formula is C12H18N2O4S. The summed E-state index contributed by atoms with van der Waals surface area (Å²) in [6.45, 7) is 5.40. The monoisotopic (exact) mass is 286 g/mol. The maximum atomic E-state index is 12.0. The first-order chi connectivity index (χ1) is 8.72. The van der Waals surface area contributed by atoms with Crippen LogP contribution in [0.15, 0.2) is 23.2 Å². The smallest absolute Gasteiger partial charge is 0.321 e. The van der Waals surface area contributed by atoms with Crippen molar-refractivity contribution in [3.8, 4) is 0 Å². The fourth-order valence-corrected chi connectivity index (χ4v) is 2.69. The molecule has 1 unspecified atom stereocenters. The molecule has 0 aliphatic rings. The van der Waals surface area contributed by atoms with Crippen LogP contribution in [0.3, 0.4) is 0 Å². The summed E-state index contributed by atoms with van der Waals surface area (Å²) in [5, 5.41) is 9.03. The van der Waals surface area contributed by atoms with Crippen LogP contribution < -0.4 is 4.72 Å². The number of aryl methyl sites for hydroxylation is 1. The molecule has 1 rings (SSSR count). The number of carboxylic acid groups (broad SMARTS) is 1. The molecule has 1 aromatic rings. The first kappa shape index (κ1) is 15.6. The first-order valence-corrected chi connectivity index (χ1v) is 7.38. The lowest BCUT2D eigenvalue weighted by molar-refractivity contribution is -0.139. The van der Waals surface area contributed by atoms with Gasteiger partial charge in [0.25, 0.3) is 0 Å². The molecule has 2 N–H and O–H groups in total. The van der Waals surface area contributed by atoms with E-state index in [0.29, 0.717) is 5.69 Å². The number of hydrogen-bond acceptors (Lipinski definition) is 4. The Morgan fingerprint density at radius 3 is 2.47 bits per heavy atom. The summed E-state index contributed by atoms with van der Waals surface area (Å²) in [6.07, 6.45) is 1.44. The standard InChI is InChI=1S/C12H18N2O4S/c1-8(2)6-11(12(15)16)14-19(17,18)10-5-4-9(3)13-7-10/h4-5,7-8,11,14H,6H2,1-3H3,(H,15,16). The summed E-state index contributed by atoms with van der Waals surface area (Å²) in [6, 6.07) is 1.83. The molecule has 1 atom stereocenters. The summed E-state index contributed by atoms with van der Waals surface area (Å²) in [5.41, 5.74) is 0.691. The van der Waals surface area contributed by atoms with Crippen molar-refractivity contribution in [3.63, 3.8) is 0 Å². The normalized spacial score (nSPS) is 13.5. The maximum Gasteiger partial charge on any atom is 0.321 e. The van der Waals surface area contributed by atoms with E-state index in [4.69, 9.17) is 5.11 Å². The Kier molecular flexibility index (Phi) is 5.02. The van der Waals surface area contributed by atoms with E-state index >= 15 is 0 Å². The highest BCUT2D eigenvalue weighted by Gasteiger charge is 2.26. The van der Waals surface area contributed by atoms with Crippen LogP contribution in [0, 0.1) is 12.8 Å². The Balaban J connectivity index is 2.94. The van der Waals surface area contributed by atoms with E-state index in [9.17, 15) is 13.2 Å². The van der Waals surface area contributed by atoms with Crippen LogP contribution in [0.1, 0.15) is 26.0 Å². The molecular weight excluding hydrogens is 268 g/mol. The number of sulfonamides is 1. The number of carboxylic acids is 1. The summed E-state index contributed by atoms with van der Waals surface area (Å²) >= 11 is 0. The van der Waals surface area contributed by atoms with E-state index in [0.717, 1.165) is 0 Å². The quantitative estimate of drug-likeness (QED) is 0.818. The van der Waals surface area contributed by atoms with Gasteiger partial charge in [0.1, 0.15) is 10.9 Å². The van der Waals surface area contributed by atoms with Crippen LogP contribution >= 0.6 is 0 Å². The summed E-state index contributed by atoms with van der Waals surface area (Å²) in [7, 11) is -3.86.